The van der Waals surface area contributed by atoms with Gasteiger partial charge in [0, 0.05) is 0 Å². The molecule has 1 aliphatic rings. The van der Waals surface area contributed by atoms with Gasteiger partial charge in [-0.3, -0.25) is 0 Å². The molecule has 4 atom stereocenters. The molecule has 0 saturated carbocycles. The van der Waals surface area contributed by atoms with Gasteiger partial charge >= 0.3 is 0 Å². The fourth-order valence-electron chi connectivity index (χ4n) is 2.94. The van der Waals surface area contributed by atoms with Crippen LogP contribution in [-0.2, 0) is 9.16 Å². The van der Waals surface area contributed by atoms with Crippen LogP contribution < -0.4 is 0 Å². The first kappa shape index (κ1) is 26.4. The number of hydrogen-bond acceptors (Lipinski definition) is 3. The quantitative estimate of drug-likeness (QED) is 0.311. The highest BCUT2D eigenvalue weighted by Crippen LogP contribution is 2.39. The zero-order valence-corrected chi connectivity index (χ0v) is 22.2. The molecule has 0 fully saturated rings. The second-order valence-electron chi connectivity index (χ2n) is 10.7. The number of aliphatic hydroxyl groups excluding tert-OH is 1. The predicted molar refractivity (Wildman–Crippen MR) is 130 cm³/mol. The van der Waals surface area contributed by atoms with Gasteiger partial charge in [0.15, 0.2) is 8.32 Å². The Morgan fingerprint density at radius 2 is 1.79 bits per heavy atom. The Balaban J connectivity index is 2.81. The molecule has 0 radical (unpaired) electrons. The molecule has 1 aliphatic heterocycles. The van der Waals surface area contributed by atoms with Crippen molar-refractivity contribution in [2.45, 2.75) is 116 Å². The largest absolute Gasteiger partial charge is 0.411 e. The number of hydrogen-bond donors (Lipinski definition) is 1. The monoisotopic (exact) mass is 436 g/mol. The van der Waals surface area contributed by atoms with E-state index in [0.29, 0.717) is 6.42 Å². The van der Waals surface area contributed by atoms with Gasteiger partial charge in [0.25, 0.3) is 0 Å². The van der Waals surface area contributed by atoms with E-state index in [1.165, 1.54) is 0 Å². The maximum absolute atomic E-state index is 10.7. The van der Waals surface area contributed by atoms with E-state index in [1.54, 1.807) is 0 Å². The Labute approximate surface area is 182 Å². The molecule has 1 N–H and O–H groups in total. The molecule has 0 aliphatic carbocycles. The van der Waals surface area contributed by atoms with Crippen molar-refractivity contribution in [1.82, 2.24) is 0 Å². The second-order valence-corrected chi connectivity index (χ2v) is 20.2. The SMILES string of the molecule is CC[C@H]1O[C@@H]([C@H](O)C/C=C/C#C[Si](C)(C)C)C/C=C\C[C@H]1O[Si](C)(C)C(C)(C)C. The van der Waals surface area contributed by atoms with Crippen molar-refractivity contribution in [3.05, 3.63) is 24.3 Å². The van der Waals surface area contributed by atoms with Crippen LogP contribution >= 0.6 is 0 Å². The Bertz CT molecular complexity index is 615. The summed E-state index contributed by atoms with van der Waals surface area (Å²) in [6.07, 6.45) is 10.5. The molecule has 3 nitrogen and oxygen atoms in total. The summed E-state index contributed by atoms with van der Waals surface area (Å²) >= 11 is 0. The standard InChI is InChI=1S/C24H44O3Si2/c1-10-21-23(27-29(8,9)24(2,3)4)18-14-13-17-22(26-21)20(25)16-12-11-15-19-28(5,6)7/h11-14,20-23,25H,10,16-18H2,1-9H3/b12-11+,14-13-/t20-,21-,22-,23-/m1/s1. The van der Waals surface area contributed by atoms with Gasteiger partial charge in [-0.05, 0) is 49.9 Å². The normalized spacial score (nSPS) is 26.3. The van der Waals surface area contributed by atoms with Crippen molar-refractivity contribution in [3.63, 3.8) is 0 Å². The molecular formula is C24H44O3Si2. The summed E-state index contributed by atoms with van der Waals surface area (Å²) in [6, 6.07) is 0. The Morgan fingerprint density at radius 3 is 2.34 bits per heavy atom. The van der Waals surface area contributed by atoms with E-state index in [4.69, 9.17) is 9.16 Å². The first-order chi connectivity index (χ1) is 13.3. The lowest BCUT2D eigenvalue weighted by molar-refractivity contribution is -0.112. The zero-order chi connectivity index (χ0) is 22.3. The van der Waals surface area contributed by atoms with Crippen LogP contribution in [0.5, 0.6) is 0 Å². The van der Waals surface area contributed by atoms with Crippen molar-refractivity contribution in [3.8, 4) is 11.5 Å². The highest BCUT2D eigenvalue weighted by atomic mass is 28.4. The zero-order valence-electron chi connectivity index (χ0n) is 20.2. The summed E-state index contributed by atoms with van der Waals surface area (Å²) in [5.41, 5.74) is 3.31. The van der Waals surface area contributed by atoms with E-state index in [-0.39, 0.29) is 23.4 Å². The van der Waals surface area contributed by atoms with Crippen molar-refractivity contribution in [2.75, 3.05) is 0 Å². The fraction of sp³-hybridized carbons (Fsp3) is 0.750. The minimum Gasteiger partial charge on any atom is -0.411 e. The molecule has 1 rings (SSSR count). The summed E-state index contributed by atoms with van der Waals surface area (Å²) < 4.78 is 13.1. The van der Waals surface area contributed by atoms with E-state index < -0.39 is 22.5 Å². The van der Waals surface area contributed by atoms with Crippen LogP contribution in [0, 0.1) is 11.5 Å². The summed E-state index contributed by atoms with van der Waals surface area (Å²) in [6.45, 7) is 20.2. The van der Waals surface area contributed by atoms with Gasteiger partial charge in [-0.1, -0.05) is 71.5 Å². The lowest BCUT2D eigenvalue weighted by Crippen LogP contribution is -2.49. The summed E-state index contributed by atoms with van der Waals surface area (Å²) in [5.74, 6) is 3.12. The van der Waals surface area contributed by atoms with Gasteiger partial charge in [0.2, 0.25) is 0 Å². The highest BCUT2D eigenvalue weighted by molar-refractivity contribution is 6.83. The van der Waals surface area contributed by atoms with Crippen molar-refractivity contribution in [1.29, 1.82) is 0 Å². The van der Waals surface area contributed by atoms with Crippen molar-refractivity contribution >= 4 is 16.4 Å². The van der Waals surface area contributed by atoms with E-state index in [9.17, 15) is 5.11 Å². The third-order valence-corrected chi connectivity index (χ3v) is 11.2. The van der Waals surface area contributed by atoms with Gasteiger partial charge in [-0.2, -0.15) is 0 Å². The Hall–Kier alpha value is -0.646. The maximum atomic E-state index is 10.7. The molecule has 0 aromatic rings. The van der Waals surface area contributed by atoms with Crippen LogP contribution in [0.25, 0.3) is 0 Å². The Morgan fingerprint density at radius 1 is 1.17 bits per heavy atom. The third kappa shape index (κ3) is 9.36. The number of aliphatic hydroxyl groups is 1. The number of ether oxygens (including phenoxy) is 1. The second kappa shape index (κ2) is 11.1. The smallest absolute Gasteiger partial charge is 0.192 e. The van der Waals surface area contributed by atoms with Crippen LogP contribution in [-0.4, -0.2) is 45.9 Å². The van der Waals surface area contributed by atoms with Crippen LogP contribution in [0.1, 0.15) is 53.4 Å². The number of rotatable bonds is 6. The van der Waals surface area contributed by atoms with Crippen LogP contribution in [0.3, 0.4) is 0 Å². The average Bonchev–Trinajstić information content (AvgIpc) is 2.55. The fourth-order valence-corrected chi connectivity index (χ4v) is 4.82. The van der Waals surface area contributed by atoms with Crippen LogP contribution in [0.4, 0.5) is 0 Å². The average molecular weight is 437 g/mol. The molecule has 0 saturated heterocycles. The molecule has 5 heteroatoms. The minimum absolute atomic E-state index is 0.00406. The highest BCUT2D eigenvalue weighted by Gasteiger charge is 2.41. The van der Waals surface area contributed by atoms with Gasteiger partial charge < -0.3 is 14.3 Å². The molecule has 0 spiro atoms. The van der Waals surface area contributed by atoms with E-state index >= 15 is 0 Å². The summed E-state index contributed by atoms with van der Waals surface area (Å²) in [7, 11) is -3.24. The van der Waals surface area contributed by atoms with Gasteiger partial charge in [0.05, 0.1) is 24.4 Å². The van der Waals surface area contributed by atoms with Crippen molar-refractivity contribution < 1.29 is 14.3 Å². The first-order valence-corrected chi connectivity index (χ1v) is 17.5. The lowest BCUT2D eigenvalue weighted by Gasteiger charge is -2.42. The topological polar surface area (TPSA) is 38.7 Å². The molecule has 1 heterocycles. The molecule has 166 valence electrons. The van der Waals surface area contributed by atoms with Crippen molar-refractivity contribution in [2.24, 2.45) is 0 Å². The number of allylic oxidation sites excluding steroid dienone is 1. The molecule has 0 unspecified atom stereocenters. The molecule has 0 aromatic carbocycles. The molecule has 0 aromatic heterocycles. The molecule has 0 bridgehead atoms. The lowest BCUT2D eigenvalue weighted by atomic mass is 10.0. The summed E-state index contributed by atoms with van der Waals surface area (Å²) in [4.78, 5) is 0. The predicted octanol–water partition coefficient (Wildman–Crippen LogP) is 6.08. The van der Waals surface area contributed by atoms with E-state index in [2.05, 4.69) is 84.0 Å². The molecular weight excluding hydrogens is 392 g/mol. The van der Waals surface area contributed by atoms with Crippen LogP contribution in [0.2, 0.25) is 37.8 Å². The van der Waals surface area contributed by atoms with E-state index in [1.807, 2.05) is 12.2 Å². The van der Waals surface area contributed by atoms with Crippen LogP contribution in [0.15, 0.2) is 24.3 Å². The molecule has 29 heavy (non-hydrogen) atoms. The minimum atomic E-state index is -1.88. The Kier molecular flexibility index (Phi) is 10.1. The van der Waals surface area contributed by atoms with Gasteiger partial charge in [0.1, 0.15) is 8.07 Å². The third-order valence-electron chi connectivity index (χ3n) is 5.78. The van der Waals surface area contributed by atoms with Gasteiger partial charge in [-0.15, -0.1) is 5.54 Å². The van der Waals surface area contributed by atoms with Gasteiger partial charge in [-0.25, -0.2) is 0 Å². The maximum Gasteiger partial charge on any atom is 0.192 e. The molecule has 0 amide bonds. The first-order valence-electron chi connectivity index (χ1n) is 11.1. The van der Waals surface area contributed by atoms with E-state index in [0.717, 1.165) is 19.3 Å². The summed E-state index contributed by atoms with van der Waals surface area (Å²) in [5, 5.41) is 10.9.